The highest BCUT2D eigenvalue weighted by Gasteiger charge is 2.35. The zero-order valence-electron chi connectivity index (χ0n) is 13.8. The second-order valence-electron chi connectivity index (χ2n) is 6.10. The molecule has 0 radical (unpaired) electrons. The molecule has 2 nitrogen and oxygen atoms in total. The number of thioether (sulfide) groups is 1. The van der Waals surface area contributed by atoms with Gasteiger partial charge < -0.3 is 11.1 Å². The zero-order valence-corrected chi connectivity index (χ0v) is 16.2. The molecule has 1 aliphatic carbocycles. The Morgan fingerprint density at radius 1 is 1.39 bits per heavy atom. The molecule has 1 aromatic carbocycles. The van der Waals surface area contributed by atoms with E-state index in [1.807, 2.05) is 30.9 Å². The third kappa shape index (κ3) is 5.05. The van der Waals surface area contributed by atoms with Crippen molar-refractivity contribution in [3.05, 3.63) is 46.2 Å². The van der Waals surface area contributed by atoms with E-state index in [9.17, 15) is 4.39 Å². The first-order chi connectivity index (χ1) is 11.1. The highest BCUT2D eigenvalue weighted by atomic mass is 79.9. The van der Waals surface area contributed by atoms with E-state index in [0.717, 1.165) is 23.1 Å². The lowest BCUT2D eigenvalue weighted by molar-refractivity contribution is 0.229. The van der Waals surface area contributed by atoms with Crippen LogP contribution in [0.4, 0.5) is 4.39 Å². The molecular formula is C18H26BrFN2S. The van der Waals surface area contributed by atoms with Crippen LogP contribution in [-0.4, -0.2) is 18.5 Å². The molecule has 0 heterocycles. The SMILES string of the molecule is CC[C@H](N)C1CC=C(F)CC1C(NC)SCc1ccccc1Br. The number of benzene rings is 1. The largest absolute Gasteiger partial charge is 0.327 e. The monoisotopic (exact) mass is 400 g/mol. The van der Waals surface area contributed by atoms with Gasteiger partial charge in [-0.3, -0.25) is 0 Å². The Morgan fingerprint density at radius 3 is 2.78 bits per heavy atom. The van der Waals surface area contributed by atoms with Crippen molar-refractivity contribution >= 4 is 27.7 Å². The summed E-state index contributed by atoms with van der Waals surface area (Å²) in [7, 11) is 1.96. The maximum atomic E-state index is 13.9. The van der Waals surface area contributed by atoms with Crippen molar-refractivity contribution in [1.29, 1.82) is 0 Å². The Morgan fingerprint density at radius 2 is 2.13 bits per heavy atom. The highest BCUT2D eigenvalue weighted by molar-refractivity contribution is 9.10. The molecule has 0 spiro atoms. The smallest absolute Gasteiger partial charge is 0.0963 e. The minimum absolute atomic E-state index is 0.0105. The zero-order chi connectivity index (χ0) is 16.8. The molecule has 3 unspecified atom stereocenters. The summed E-state index contributed by atoms with van der Waals surface area (Å²) in [6, 6.07) is 8.38. The van der Waals surface area contributed by atoms with Crippen LogP contribution in [0, 0.1) is 11.8 Å². The van der Waals surface area contributed by atoms with Crippen molar-refractivity contribution in [3.63, 3.8) is 0 Å². The van der Waals surface area contributed by atoms with Crippen LogP contribution in [0.15, 0.2) is 40.6 Å². The number of hydrogen-bond acceptors (Lipinski definition) is 3. The van der Waals surface area contributed by atoms with Gasteiger partial charge in [-0.1, -0.05) is 47.1 Å². The second kappa shape index (κ2) is 9.21. The first-order valence-electron chi connectivity index (χ1n) is 8.19. The Balaban J connectivity index is 2.08. The summed E-state index contributed by atoms with van der Waals surface area (Å²) in [4.78, 5) is 0. The van der Waals surface area contributed by atoms with Gasteiger partial charge in [0, 0.05) is 22.7 Å². The molecule has 0 fully saturated rings. The molecule has 2 rings (SSSR count). The molecule has 23 heavy (non-hydrogen) atoms. The van der Waals surface area contributed by atoms with Gasteiger partial charge in [0.15, 0.2) is 0 Å². The molecule has 0 aromatic heterocycles. The summed E-state index contributed by atoms with van der Waals surface area (Å²) >= 11 is 5.44. The Hall–Kier alpha value is -0.360. The molecule has 0 saturated heterocycles. The van der Waals surface area contributed by atoms with Crippen molar-refractivity contribution in [1.82, 2.24) is 5.32 Å². The number of nitrogens with one attached hydrogen (secondary N) is 1. The molecular weight excluding hydrogens is 375 g/mol. The average molecular weight is 401 g/mol. The van der Waals surface area contributed by atoms with Crippen LogP contribution in [0.5, 0.6) is 0 Å². The van der Waals surface area contributed by atoms with E-state index in [0.29, 0.717) is 12.3 Å². The van der Waals surface area contributed by atoms with Crippen molar-refractivity contribution in [2.75, 3.05) is 7.05 Å². The topological polar surface area (TPSA) is 38.0 Å². The fraction of sp³-hybridized carbons (Fsp3) is 0.556. The average Bonchev–Trinajstić information content (AvgIpc) is 2.56. The van der Waals surface area contributed by atoms with Gasteiger partial charge >= 0.3 is 0 Å². The van der Waals surface area contributed by atoms with Gasteiger partial charge in [-0.25, -0.2) is 4.39 Å². The van der Waals surface area contributed by atoms with E-state index in [4.69, 9.17) is 5.73 Å². The second-order valence-corrected chi connectivity index (χ2v) is 8.09. The molecule has 0 amide bonds. The van der Waals surface area contributed by atoms with Crippen molar-refractivity contribution in [2.24, 2.45) is 17.6 Å². The highest BCUT2D eigenvalue weighted by Crippen LogP contribution is 2.39. The molecule has 128 valence electrons. The molecule has 0 saturated carbocycles. The van der Waals surface area contributed by atoms with Crippen LogP contribution in [0.25, 0.3) is 0 Å². The third-order valence-corrected chi connectivity index (χ3v) is 6.86. The lowest BCUT2D eigenvalue weighted by Crippen LogP contribution is -2.44. The van der Waals surface area contributed by atoms with E-state index in [1.165, 1.54) is 5.56 Å². The molecule has 4 atom stereocenters. The molecule has 5 heteroatoms. The van der Waals surface area contributed by atoms with Crippen LogP contribution >= 0.6 is 27.7 Å². The van der Waals surface area contributed by atoms with Gasteiger partial charge in [-0.2, -0.15) is 0 Å². The van der Waals surface area contributed by atoms with Crippen molar-refractivity contribution < 1.29 is 4.39 Å². The maximum Gasteiger partial charge on any atom is 0.0963 e. The standard InChI is InChI=1S/C18H26BrFN2S/c1-3-17(21)14-9-8-13(20)10-15(14)18(22-2)23-11-12-6-4-5-7-16(12)19/h4-8,14-15,17-18,22H,3,9-11,21H2,1-2H3/t14?,15?,17-,18?/m0/s1. The van der Waals surface area contributed by atoms with Gasteiger partial charge in [0.2, 0.25) is 0 Å². The van der Waals surface area contributed by atoms with Crippen LogP contribution in [0.2, 0.25) is 0 Å². The summed E-state index contributed by atoms with van der Waals surface area (Å²) in [5, 5.41) is 3.59. The lowest BCUT2D eigenvalue weighted by Gasteiger charge is -2.38. The fourth-order valence-corrected chi connectivity index (χ4v) is 5.17. The van der Waals surface area contributed by atoms with Gasteiger partial charge in [0.05, 0.1) is 11.2 Å². The normalized spacial score (nSPS) is 24.1. The minimum atomic E-state index is 0.0105. The van der Waals surface area contributed by atoms with Gasteiger partial charge in [0.25, 0.3) is 0 Å². The van der Waals surface area contributed by atoms with Crippen LogP contribution in [0.1, 0.15) is 31.7 Å². The van der Waals surface area contributed by atoms with E-state index in [1.54, 1.807) is 6.08 Å². The first kappa shape index (κ1) is 19.0. The molecule has 3 N–H and O–H groups in total. The van der Waals surface area contributed by atoms with E-state index < -0.39 is 0 Å². The lowest BCUT2D eigenvalue weighted by atomic mass is 9.77. The molecule has 1 aliphatic rings. The van der Waals surface area contributed by atoms with Gasteiger partial charge in [-0.05, 0) is 43.4 Å². The van der Waals surface area contributed by atoms with Crippen molar-refractivity contribution in [2.45, 2.75) is 43.4 Å². The Bertz CT molecular complexity index is 538. The van der Waals surface area contributed by atoms with E-state index in [2.05, 4.69) is 40.3 Å². The fourth-order valence-electron chi connectivity index (χ4n) is 3.24. The van der Waals surface area contributed by atoms with Gasteiger partial charge in [0.1, 0.15) is 0 Å². The summed E-state index contributed by atoms with van der Waals surface area (Å²) in [6.45, 7) is 2.11. The molecule has 1 aromatic rings. The summed E-state index contributed by atoms with van der Waals surface area (Å²) in [5.74, 6) is 1.47. The van der Waals surface area contributed by atoms with Gasteiger partial charge in [-0.15, -0.1) is 11.8 Å². The number of rotatable bonds is 7. The van der Waals surface area contributed by atoms with E-state index >= 15 is 0 Å². The molecule has 0 aliphatic heterocycles. The summed E-state index contributed by atoms with van der Waals surface area (Å²) < 4.78 is 15.0. The number of allylic oxidation sites excluding steroid dienone is 2. The number of halogens is 2. The molecule has 0 bridgehead atoms. The van der Waals surface area contributed by atoms with E-state index in [-0.39, 0.29) is 23.2 Å². The van der Waals surface area contributed by atoms with Crippen molar-refractivity contribution in [3.8, 4) is 0 Å². The predicted octanol–water partition coefficient (Wildman–Crippen LogP) is 4.84. The van der Waals surface area contributed by atoms with Crippen LogP contribution < -0.4 is 11.1 Å². The summed E-state index contributed by atoms with van der Waals surface area (Å²) in [6.07, 6.45) is 3.90. The minimum Gasteiger partial charge on any atom is -0.327 e. The van der Waals surface area contributed by atoms with Crippen LogP contribution in [0.3, 0.4) is 0 Å². The number of nitrogens with two attached hydrogens (primary N) is 1. The summed E-state index contributed by atoms with van der Waals surface area (Å²) in [5.41, 5.74) is 7.58. The van der Waals surface area contributed by atoms with Crippen LogP contribution in [-0.2, 0) is 5.75 Å². The quantitative estimate of drug-likeness (QED) is 0.642. The predicted molar refractivity (Wildman–Crippen MR) is 102 cm³/mol. The Labute approximate surface area is 151 Å². The first-order valence-corrected chi connectivity index (χ1v) is 10.0. The Kier molecular flexibility index (Phi) is 7.60. The maximum absolute atomic E-state index is 13.9. The third-order valence-electron chi connectivity index (χ3n) is 4.66. The number of hydrogen-bond donors (Lipinski definition) is 2.